The maximum absolute atomic E-state index is 10.2. The van der Waals surface area contributed by atoms with Gasteiger partial charge < -0.3 is 4.42 Å². The number of rotatable bonds is 4. The number of pyridine rings is 1. The van der Waals surface area contributed by atoms with Gasteiger partial charge in [-0.05, 0) is 48.1 Å². The standard InChI is InChI=1S/C30H27N2O/c1-19(2)16-22-17-20(3)27(26-12-8-9-15-32(26)4)30-28(22)24-14-13-23(21-10-6-5-7-11-21)25(18-31)29(24)33-30/h5-15,17,19H,16H2,1-4H3/q+1. The molecule has 3 aromatic carbocycles. The molecule has 3 nitrogen and oxygen atoms in total. The Morgan fingerprint density at radius 2 is 1.73 bits per heavy atom. The molecule has 2 heterocycles. The molecule has 0 fully saturated rings. The minimum Gasteiger partial charge on any atom is -0.454 e. The van der Waals surface area contributed by atoms with Crippen LogP contribution in [0.4, 0.5) is 0 Å². The number of benzene rings is 3. The molecule has 33 heavy (non-hydrogen) atoms. The van der Waals surface area contributed by atoms with Crippen molar-refractivity contribution in [1.82, 2.24) is 0 Å². The van der Waals surface area contributed by atoms with Gasteiger partial charge in [-0.2, -0.15) is 5.26 Å². The molecule has 3 heteroatoms. The Balaban J connectivity index is 1.92. The summed E-state index contributed by atoms with van der Waals surface area (Å²) in [6, 6.07) is 25.2. The normalized spacial score (nSPS) is 11.4. The first-order valence-electron chi connectivity index (χ1n) is 11.4. The second-order valence-electron chi connectivity index (χ2n) is 9.17. The molecule has 162 valence electrons. The smallest absolute Gasteiger partial charge is 0.216 e. The van der Waals surface area contributed by atoms with Crippen LogP contribution in [0.5, 0.6) is 0 Å². The summed E-state index contributed by atoms with van der Waals surface area (Å²) in [5, 5.41) is 12.3. The Labute approximate surface area is 194 Å². The van der Waals surface area contributed by atoms with Crippen molar-refractivity contribution in [3.8, 4) is 28.5 Å². The Morgan fingerprint density at radius 1 is 0.970 bits per heavy atom. The molecule has 5 aromatic rings. The Kier molecular flexibility index (Phi) is 5.23. The van der Waals surface area contributed by atoms with Crippen LogP contribution in [0.2, 0.25) is 0 Å². The van der Waals surface area contributed by atoms with Gasteiger partial charge in [-0.15, -0.1) is 0 Å². The molecule has 0 amide bonds. The van der Waals surface area contributed by atoms with Crippen molar-refractivity contribution in [1.29, 1.82) is 5.26 Å². The number of furan rings is 1. The first kappa shape index (κ1) is 21.0. The molecule has 0 spiro atoms. The van der Waals surface area contributed by atoms with Crippen molar-refractivity contribution in [3.63, 3.8) is 0 Å². The summed E-state index contributed by atoms with van der Waals surface area (Å²) in [6.07, 6.45) is 3.01. The predicted molar refractivity (Wildman–Crippen MR) is 134 cm³/mol. The number of aryl methyl sites for hydroxylation is 2. The number of hydrogen-bond donors (Lipinski definition) is 0. The summed E-state index contributed by atoms with van der Waals surface area (Å²) in [5.41, 5.74) is 8.68. The fourth-order valence-corrected chi connectivity index (χ4v) is 4.91. The van der Waals surface area contributed by atoms with E-state index in [1.54, 1.807) is 0 Å². The van der Waals surface area contributed by atoms with Gasteiger partial charge in [-0.1, -0.05) is 56.3 Å². The van der Waals surface area contributed by atoms with Gasteiger partial charge in [-0.3, -0.25) is 0 Å². The zero-order chi connectivity index (χ0) is 23.1. The molecule has 0 unspecified atom stereocenters. The zero-order valence-electron chi connectivity index (χ0n) is 19.5. The van der Waals surface area contributed by atoms with Crippen molar-refractivity contribution >= 4 is 21.9 Å². The van der Waals surface area contributed by atoms with Crippen molar-refractivity contribution in [2.24, 2.45) is 13.0 Å². The first-order chi connectivity index (χ1) is 16.0. The third-order valence-corrected chi connectivity index (χ3v) is 6.33. The average molecular weight is 432 g/mol. The van der Waals surface area contributed by atoms with Crippen LogP contribution in [0, 0.1) is 24.2 Å². The van der Waals surface area contributed by atoms with Crippen molar-refractivity contribution < 1.29 is 8.98 Å². The van der Waals surface area contributed by atoms with Gasteiger partial charge in [0.05, 0.1) is 5.56 Å². The number of hydrogen-bond acceptors (Lipinski definition) is 2. The van der Waals surface area contributed by atoms with Gasteiger partial charge in [0.15, 0.2) is 11.8 Å². The van der Waals surface area contributed by atoms with E-state index in [1.807, 2.05) is 36.4 Å². The molecular weight excluding hydrogens is 404 g/mol. The minimum absolute atomic E-state index is 0.510. The molecule has 0 bridgehead atoms. The lowest BCUT2D eigenvalue weighted by Gasteiger charge is -2.12. The lowest BCUT2D eigenvalue weighted by molar-refractivity contribution is -0.660. The molecule has 5 rings (SSSR count). The van der Waals surface area contributed by atoms with E-state index in [1.165, 1.54) is 11.1 Å². The maximum Gasteiger partial charge on any atom is 0.216 e. The van der Waals surface area contributed by atoms with Crippen LogP contribution < -0.4 is 4.57 Å². The zero-order valence-corrected chi connectivity index (χ0v) is 19.5. The maximum atomic E-state index is 10.2. The highest BCUT2D eigenvalue weighted by molar-refractivity contribution is 6.13. The van der Waals surface area contributed by atoms with Crippen LogP contribution in [0.15, 0.2) is 77.3 Å². The fraction of sp³-hybridized carbons (Fsp3) is 0.200. The van der Waals surface area contributed by atoms with Crippen LogP contribution in [0.3, 0.4) is 0 Å². The number of fused-ring (bicyclic) bond motifs is 3. The quantitative estimate of drug-likeness (QED) is 0.284. The largest absolute Gasteiger partial charge is 0.454 e. The van der Waals surface area contributed by atoms with Gasteiger partial charge in [0.1, 0.15) is 24.3 Å². The predicted octanol–water partition coefficient (Wildman–Crippen LogP) is 7.12. The highest BCUT2D eigenvalue weighted by Gasteiger charge is 2.25. The lowest BCUT2D eigenvalue weighted by atomic mass is 9.91. The van der Waals surface area contributed by atoms with Gasteiger partial charge in [-0.25, -0.2) is 4.57 Å². The van der Waals surface area contributed by atoms with Crippen molar-refractivity contribution in [2.45, 2.75) is 27.2 Å². The molecule has 0 aliphatic carbocycles. The van der Waals surface area contributed by atoms with E-state index in [0.717, 1.165) is 45.2 Å². The van der Waals surface area contributed by atoms with E-state index in [-0.39, 0.29) is 0 Å². The lowest BCUT2D eigenvalue weighted by Crippen LogP contribution is -2.30. The molecule has 2 aromatic heterocycles. The van der Waals surface area contributed by atoms with E-state index >= 15 is 0 Å². The van der Waals surface area contributed by atoms with Crippen LogP contribution in [0.1, 0.15) is 30.5 Å². The molecule has 0 saturated carbocycles. The Bertz CT molecular complexity index is 1540. The second-order valence-corrected chi connectivity index (χ2v) is 9.17. The van der Waals surface area contributed by atoms with Crippen LogP contribution in [-0.4, -0.2) is 0 Å². The Morgan fingerprint density at radius 3 is 2.42 bits per heavy atom. The highest BCUT2D eigenvalue weighted by Crippen LogP contribution is 2.42. The first-order valence-corrected chi connectivity index (χ1v) is 11.4. The molecule has 0 aliphatic heterocycles. The van der Waals surface area contributed by atoms with Crippen LogP contribution in [0.25, 0.3) is 44.3 Å². The van der Waals surface area contributed by atoms with E-state index in [2.05, 4.69) is 75.0 Å². The summed E-state index contributed by atoms with van der Waals surface area (Å²) in [5.74, 6) is 0.510. The summed E-state index contributed by atoms with van der Waals surface area (Å²) >= 11 is 0. The number of nitriles is 1. The fourth-order valence-electron chi connectivity index (χ4n) is 4.91. The van der Waals surface area contributed by atoms with Gasteiger partial charge >= 0.3 is 0 Å². The van der Waals surface area contributed by atoms with E-state index < -0.39 is 0 Å². The summed E-state index contributed by atoms with van der Waals surface area (Å²) in [7, 11) is 2.06. The molecule has 0 N–H and O–H groups in total. The molecule has 0 saturated heterocycles. The third kappa shape index (κ3) is 3.49. The molecule has 0 radical (unpaired) electrons. The van der Waals surface area contributed by atoms with Gasteiger partial charge in [0, 0.05) is 28.5 Å². The number of aromatic nitrogens is 1. The van der Waals surface area contributed by atoms with E-state index in [0.29, 0.717) is 17.1 Å². The summed E-state index contributed by atoms with van der Waals surface area (Å²) in [4.78, 5) is 0. The minimum atomic E-state index is 0.510. The topological polar surface area (TPSA) is 40.8 Å². The highest BCUT2D eigenvalue weighted by atomic mass is 16.3. The van der Waals surface area contributed by atoms with Gasteiger partial charge in [0.25, 0.3) is 0 Å². The van der Waals surface area contributed by atoms with E-state index in [4.69, 9.17) is 4.42 Å². The molecule has 0 atom stereocenters. The van der Waals surface area contributed by atoms with Crippen molar-refractivity contribution in [3.05, 3.63) is 89.6 Å². The van der Waals surface area contributed by atoms with Gasteiger partial charge in [0.2, 0.25) is 5.69 Å². The average Bonchev–Trinajstić information content (AvgIpc) is 3.19. The van der Waals surface area contributed by atoms with E-state index in [9.17, 15) is 5.26 Å². The monoisotopic (exact) mass is 431 g/mol. The summed E-state index contributed by atoms with van der Waals surface area (Å²) < 4.78 is 8.77. The van der Waals surface area contributed by atoms with Crippen LogP contribution in [-0.2, 0) is 13.5 Å². The molecule has 0 aliphatic rings. The van der Waals surface area contributed by atoms with Crippen molar-refractivity contribution in [2.75, 3.05) is 0 Å². The van der Waals surface area contributed by atoms with Crippen LogP contribution >= 0.6 is 0 Å². The number of nitrogens with zero attached hydrogens (tertiary/aromatic N) is 2. The second kappa shape index (κ2) is 8.22. The Hall–Kier alpha value is -3.90. The summed E-state index contributed by atoms with van der Waals surface area (Å²) in [6.45, 7) is 6.63. The SMILES string of the molecule is Cc1cc(CC(C)C)c2c(oc3c(C#N)c(-c4ccccc4)ccc32)c1-c1cccc[n+]1C. The molecular formula is C30H27N2O+. The third-order valence-electron chi connectivity index (χ3n) is 6.33.